The third kappa shape index (κ3) is 2.74. The van der Waals surface area contributed by atoms with Crippen molar-refractivity contribution in [1.82, 2.24) is 0 Å². The topological polar surface area (TPSA) is 0 Å². The van der Waals surface area contributed by atoms with E-state index in [2.05, 4.69) is 52.0 Å². The molecule has 0 amide bonds. The standard InChI is InChI=1S/C14H18Se/c1-10-7-12-8-11(9-14(2,3)4)5-6-13(12)15-10/h5-8H,9H2,1-4H3. The number of hydrogen-bond acceptors (Lipinski definition) is 0. The number of benzene rings is 1. The van der Waals surface area contributed by atoms with E-state index >= 15 is 0 Å². The van der Waals surface area contributed by atoms with Gasteiger partial charge in [-0.15, -0.1) is 0 Å². The van der Waals surface area contributed by atoms with Gasteiger partial charge in [-0.05, 0) is 0 Å². The van der Waals surface area contributed by atoms with Gasteiger partial charge in [0, 0.05) is 0 Å². The fourth-order valence-electron chi connectivity index (χ4n) is 1.95. The van der Waals surface area contributed by atoms with E-state index in [1.165, 1.54) is 17.4 Å². The van der Waals surface area contributed by atoms with Gasteiger partial charge in [-0.3, -0.25) is 0 Å². The van der Waals surface area contributed by atoms with Crippen molar-refractivity contribution >= 4 is 24.1 Å². The summed E-state index contributed by atoms with van der Waals surface area (Å²) in [6.45, 7) is 9.13. The molecule has 0 nitrogen and oxygen atoms in total. The quantitative estimate of drug-likeness (QED) is 0.688. The van der Waals surface area contributed by atoms with Gasteiger partial charge in [0.2, 0.25) is 0 Å². The second kappa shape index (κ2) is 3.81. The van der Waals surface area contributed by atoms with Gasteiger partial charge >= 0.3 is 97.9 Å². The van der Waals surface area contributed by atoms with Crippen LogP contribution in [0.15, 0.2) is 24.3 Å². The predicted octanol–water partition coefficient (Wildman–Crippen LogP) is 3.79. The third-order valence-corrected chi connectivity index (χ3v) is 4.60. The van der Waals surface area contributed by atoms with Crippen molar-refractivity contribution in [2.45, 2.75) is 34.1 Å². The molecule has 0 radical (unpaired) electrons. The Morgan fingerprint density at radius 3 is 2.53 bits per heavy atom. The summed E-state index contributed by atoms with van der Waals surface area (Å²) in [5, 5.41) is 1.47. The number of hydrogen-bond donors (Lipinski definition) is 0. The Hall–Kier alpha value is -0.521. The van der Waals surface area contributed by atoms with Crippen LogP contribution in [0.2, 0.25) is 0 Å². The molecule has 2 rings (SSSR count). The number of rotatable bonds is 1. The van der Waals surface area contributed by atoms with Crippen LogP contribution in [-0.2, 0) is 6.42 Å². The van der Waals surface area contributed by atoms with E-state index < -0.39 is 0 Å². The van der Waals surface area contributed by atoms with Crippen LogP contribution in [0.4, 0.5) is 0 Å². The molecule has 0 aliphatic carbocycles. The molecule has 0 saturated heterocycles. The molecule has 15 heavy (non-hydrogen) atoms. The van der Waals surface area contributed by atoms with E-state index in [-0.39, 0.29) is 0 Å². The summed E-state index contributed by atoms with van der Waals surface area (Å²) >= 11 is 0.593. The molecular formula is C14H18Se. The molecule has 1 heterocycles. The van der Waals surface area contributed by atoms with Crippen LogP contribution in [0, 0.1) is 12.3 Å². The molecule has 80 valence electrons. The Labute approximate surface area is 98.1 Å². The second-order valence-electron chi connectivity index (χ2n) is 5.47. The Kier molecular flexibility index (Phi) is 2.79. The van der Waals surface area contributed by atoms with Crippen molar-refractivity contribution in [1.29, 1.82) is 0 Å². The molecule has 0 unspecified atom stereocenters. The van der Waals surface area contributed by atoms with Crippen molar-refractivity contribution < 1.29 is 0 Å². The molecule has 1 aromatic carbocycles. The van der Waals surface area contributed by atoms with Crippen LogP contribution >= 0.6 is 0 Å². The Morgan fingerprint density at radius 1 is 1.13 bits per heavy atom. The van der Waals surface area contributed by atoms with Gasteiger partial charge in [-0.25, -0.2) is 0 Å². The van der Waals surface area contributed by atoms with E-state index in [0.29, 0.717) is 19.9 Å². The van der Waals surface area contributed by atoms with Gasteiger partial charge in [-0.2, -0.15) is 0 Å². The average molecular weight is 265 g/mol. The summed E-state index contributed by atoms with van der Waals surface area (Å²) < 4.78 is 3.10. The van der Waals surface area contributed by atoms with Crippen LogP contribution in [-0.4, -0.2) is 14.5 Å². The number of fused-ring (bicyclic) bond motifs is 1. The molecule has 0 spiro atoms. The van der Waals surface area contributed by atoms with Gasteiger partial charge < -0.3 is 0 Å². The molecule has 0 aliphatic rings. The summed E-state index contributed by atoms with van der Waals surface area (Å²) in [5.74, 6) is 0. The molecular weight excluding hydrogens is 247 g/mol. The first kappa shape index (κ1) is 11.0. The molecule has 1 aromatic heterocycles. The summed E-state index contributed by atoms with van der Waals surface area (Å²) in [6, 6.07) is 9.35. The maximum absolute atomic E-state index is 2.37. The van der Waals surface area contributed by atoms with Crippen molar-refractivity contribution in [2.75, 3.05) is 0 Å². The first-order valence-electron chi connectivity index (χ1n) is 5.43. The van der Waals surface area contributed by atoms with E-state index in [1.807, 2.05) is 0 Å². The summed E-state index contributed by atoms with van der Waals surface area (Å²) in [6.07, 6.45) is 1.17. The molecule has 0 N–H and O–H groups in total. The molecule has 0 fully saturated rings. The summed E-state index contributed by atoms with van der Waals surface area (Å²) in [7, 11) is 0. The van der Waals surface area contributed by atoms with Crippen molar-refractivity contribution in [3.63, 3.8) is 0 Å². The Bertz CT molecular complexity index is 472. The normalized spacial score (nSPS) is 12.3. The van der Waals surface area contributed by atoms with E-state index in [1.54, 1.807) is 8.70 Å². The summed E-state index contributed by atoms with van der Waals surface area (Å²) in [5.41, 5.74) is 1.86. The van der Waals surface area contributed by atoms with E-state index in [0.717, 1.165) is 0 Å². The number of aryl methyl sites for hydroxylation is 1. The van der Waals surface area contributed by atoms with Crippen molar-refractivity contribution in [2.24, 2.45) is 5.41 Å². The molecule has 0 atom stereocenters. The van der Waals surface area contributed by atoms with Gasteiger partial charge in [-0.1, -0.05) is 0 Å². The van der Waals surface area contributed by atoms with E-state index in [4.69, 9.17) is 0 Å². The van der Waals surface area contributed by atoms with Crippen molar-refractivity contribution in [3.05, 3.63) is 34.3 Å². The SMILES string of the molecule is Cc1cc2cc(CC(C)(C)C)ccc2[se]1. The van der Waals surface area contributed by atoms with Gasteiger partial charge in [0.1, 0.15) is 0 Å². The molecule has 0 saturated carbocycles. The molecule has 1 heteroatoms. The Morgan fingerprint density at radius 2 is 1.87 bits per heavy atom. The molecule has 0 bridgehead atoms. The van der Waals surface area contributed by atoms with Gasteiger partial charge in [0.15, 0.2) is 0 Å². The van der Waals surface area contributed by atoms with Gasteiger partial charge in [0.25, 0.3) is 0 Å². The van der Waals surface area contributed by atoms with Crippen LogP contribution < -0.4 is 0 Å². The van der Waals surface area contributed by atoms with Crippen LogP contribution in [0.3, 0.4) is 0 Å². The zero-order chi connectivity index (χ0) is 11.1. The fraction of sp³-hybridized carbons (Fsp3) is 0.429. The van der Waals surface area contributed by atoms with E-state index in [9.17, 15) is 0 Å². The van der Waals surface area contributed by atoms with Crippen LogP contribution in [0.1, 0.15) is 30.8 Å². The minimum absolute atomic E-state index is 0.386. The zero-order valence-electron chi connectivity index (χ0n) is 9.92. The second-order valence-corrected chi connectivity index (χ2v) is 8.17. The summed E-state index contributed by atoms with van der Waals surface area (Å²) in [4.78, 5) is 0. The first-order valence-corrected chi connectivity index (χ1v) is 7.14. The predicted molar refractivity (Wildman–Crippen MR) is 68.8 cm³/mol. The van der Waals surface area contributed by atoms with Gasteiger partial charge in [0.05, 0.1) is 0 Å². The fourth-order valence-corrected chi connectivity index (χ4v) is 3.85. The molecule has 0 aliphatic heterocycles. The Balaban J connectivity index is 2.38. The first-order chi connectivity index (χ1) is 6.94. The van der Waals surface area contributed by atoms with Crippen LogP contribution in [0.25, 0.3) is 9.65 Å². The monoisotopic (exact) mass is 266 g/mol. The maximum atomic E-state index is 2.37. The average Bonchev–Trinajstić information content (AvgIpc) is 2.40. The minimum atomic E-state index is 0.386. The van der Waals surface area contributed by atoms with Crippen LogP contribution in [0.5, 0.6) is 0 Å². The molecule has 2 aromatic rings. The van der Waals surface area contributed by atoms with Crippen molar-refractivity contribution in [3.8, 4) is 0 Å². The third-order valence-electron chi connectivity index (χ3n) is 2.44. The zero-order valence-corrected chi connectivity index (χ0v) is 11.6.